The minimum Gasteiger partial charge on any atom is -0.508 e. The monoisotopic (exact) mass is 585 g/mol. The molecule has 2 aromatic carbocycles. The van der Waals surface area contributed by atoms with Crippen LogP contribution in [0.1, 0.15) is 68.8 Å². The maximum atomic E-state index is 13.5. The van der Waals surface area contributed by atoms with Crippen LogP contribution in [-0.4, -0.2) is 69.5 Å². The number of piperidine rings is 1. The molecular weight excluding hydrogens is 541 g/mol. The number of β-amino-alcohol motifs (C(OH)–C–C–N with tert-alkyl or cyclic N) is 1. The van der Waals surface area contributed by atoms with E-state index in [1.54, 1.807) is 31.2 Å². The molecule has 2 aliphatic rings. The van der Waals surface area contributed by atoms with E-state index in [1.807, 2.05) is 20.8 Å². The summed E-state index contributed by atoms with van der Waals surface area (Å²) in [6, 6.07) is 9.89. The standard InChI is InChI=1S/C32H44FN3O4S/c1-20-25(10-7-11-28(20)37)30(39)34-26(19-41-24-14-12-23(33)13-15-24)29(38)18-36-17-22-9-6-5-8-21(22)16-27(36)31(40)35-32(2,3)4/h7,10-15,21-22,26-27,29,37-38H,5-6,8-9,16-19H2,1-4H3,(H,34,39)(H,35,40)/t21?,22?,26?,27-,29?/m0/s1. The van der Waals surface area contributed by atoms with Crippen LogP contribution in [0.5, 0.6) is 5.75 Å². The highest BCUT2D eigenvalue weighted by Crippen LogP contribution is 2.39. The van der Waals surface area contributed by atoms with Gasteiger partial charge in [0.1, 0.15) is 11.6 Å². The molecule has 224 valence electrons. The summed E-state index contributed by atoms with van der Waals surface area (Å²) in [4.78, 5) is 29.7. The smallest absolute Gasteiger partial charge is 0.252 e. The number of nitrogens with one attached hydrogen (secondary N) is 2. The van der Waals surface area contributed by atoms with E-state index in [9.17, 15) is 24.2 Å². The molecule has 7 nitrogen and oxygen atoms in total. The largest absolute Gasteiger partial charge is 0.508 e. The van der Waals surface area contributed by atoms with E-state index < -0.39 is 18.1 Å². The van der Waals surface area contributed by atoms with E-state index in [2.05, 4.69) is 15.5 Å². The van der Waals surface area contributed by atoms with Crippen LogP contribution >= 0.6 is 11.8 Å². The van der Waals surface area contributed by atoms with E-state index in [-0.39, 0.29) is 35.6 Å². The molecule has 1 aliphatic heterocycles. The minimum absolute atomic E-state index is 0.0228. The number of aliphatic hydroxyl groups excluding tert-OH is 1. The number of thioether (sulfide) groups is 1. The fourth-order valence-electron chi connectivity index (χ4n) is 6.08. The number of fused-ring (bicyclic) bond motifs is 1. The van der Waals surface area contributed by atoms with Crippen molar-refractivity contribution < 1.29 is 24.2 Å². The molecule has 0 spiro atoms. The van der Waals surface area contributed by atoms with Gasteiger partial charge in [-0.15, -0.1) is 11.8 Å². The zero-order chi connectivity index (χ0) is 29.7. The molecule has 2 aromatic rings. The first-order chi connectivity index (χ1) is 19.4. The number of carbonyl (C=O) groups excluding carboxylic acids is 2. The summed E-state index contributed by atoms with van der Waals surface area (Å²) in [5, 5.41) is 27.9. The second kappa shape index (κ2) is 13.6. The van der Waals surface area contributed by atoms with Crippen molar-refractivity contribution in [3.63, 3.8) is 0 Å². The highest BCUT2D eigenvalue weighted by Gasteiger charge is 2.41. The summed E-state index contributed by atoms with van der Waals surface area (Å²) in [7, 11) is 0. The Labute approximate surface area is 247 Å². The summed E-state index contributed by atoms with van der Waals surface area (Å²) < 4.78 is 13.5. The van der Waals surface area contributed by atoms with Gasteiger partial charge in [-0.25, -0.2) is 4.39 Å². The van der Waals surface area contributed by atoms with Crippen LogP contribution in [0.3, 0.4) is 0 Å². The molecule has 1 saturated carbocycles. The van der Waals surface area contributed by atoms with Gasteiger partial charge in [-0.3, -0.25) is 14.5 Å². The number of carbonyl (C=O) groups is 2. The van der Waals surface area contributed by atoms with E-state index in [0.29, 0.717) is 28.7 Å². The minimum atomic E-state index is -0.963. The molecule has 1 heterocycles. The molecule has 4 unspecified atom stereocenters. The van der Waals surface area contributed by atoms with Crippen molar-refractivity contribution in [2.75, 3.05) is 18.8 Å². The average molecular weight is 586 g/mol. The molecule has 4 rings (SSSR count). The zero-order valence-corrected chi connectivity index (χ0v) is 25.3. The van der Waals surface area contributed by atoms with Crippen LogP contribution in [-0.2, 0) is 4.79 Å². The molecule has 4 N–H and O–H groups in total. The Balaban J connectivity index is 1.54. The van der Waals surface area contributed by atoms with Gasteiger partial charge in [0.25, 0.3) is 5.91 Å². The van der Waals surface area contributed by atoms with Gasteiger partial charge in [-0.05, 0) is 88.8 Å². The quantitative estimate of drug-likeness (QED) is 0.313. The van der Waals surface area contributed by atoms with E-state index in [0.717, 1.165) is 30.7 Å². The van der Waals surface area contributed by atoms with Crippen LogP contribution in [0, 0.1) is 24.6 Å². The highest BCUT2D eigenvalue weighted by molar-refractivity contribution is 7.99. The van der Waals surface area contributed by atoms with Gasteiger partial charge in [-0.1, -0.05) is 25.3 Å². The summed E-state index contributed by atoms with van der Waals surface area (Å²) in [5.74, 6) is 0.621. The molecule has 9 heteroatoms. The van der Waals surface area contributed by atoms with Crippen molar-refractivity contribution in [3.05, 3.63) is 59.4 Å². The lowest BCUT2D eigenvalue weighted by Crippen LogP contribution is -2.60. The van der Waals surface area contributed by atoms with Gasteiger partial charge in [0, 0.05) is 40.4 Å². The van der Waals surface area contributed by atoms with Crippen LogP contribution in [0.25, 0.3) is 0 Å². The first-order valence-electron chi connectivity index (χ1n) is 14.6. The number of halogens is 1. The van der Waals surface area contributed by atoms with Gasteiger partial charge in [0.05, 0.1) is 18.2 Å². The summed E-state index contributed by atoms with van der Waals surface area (Å²) >= 11 is 1.42. The number of aliphatic hydroxyl groups is 1. The van der Waals surface area contributed by atoms with Gasteiger partial charge in [0.2, 0.25) is 5.91 Å². The Bertz CT molecular complexity index is 1200. The topological polar surface area (TPSA) is 102 Å². The molecule has 0 aromatic heterocycles. The number of phenols is 1. The Morgan fingerprint density at radius 3 is 2.46 bits per heavy atom. The van der Waals surface area contributed by atoms with Crippen molar-refractivity contribution in [3.8, 4) is 5.75 Å². The first-order valence-corrected chi connectivity index (χ1v) is 15.6. The van der Waals surface area contributed by atoms with Crippen LogP contribution in [0.4, 0.5) is 4.39 Å². The van der Waals surface area contributed by atoms with E-state index >= 15 is 0 Å². The first kappa shape index (κ1) is 31.3. The summed E-state index contributed by atoms with van der Waals surface area (Å²) in [6.45, 7) is 8.56. The lowest BCUT2D eigenvalue weighted by molar-refractivity contribution is -0.132. The molecule has 2 fully saturated rings. The summed E-state index contributed by atoms with van der Waals surface area (Å²) in [5.41, 5.74) is 0.425. The number of aromatic hydroxyl groups is 1. The van der Waals surface area contributed by atoms with Crippen molar-refractivity contribution in [2.24, 2.45) is 11.8 Å². The zero-order valence-electron chi connectivity index (χ0n) is 24.5. The van der Waals surface area contributed by atoms with Crippen molar-refractivity contribution in [1.29, 1.82) is 0 Å². The Hall–Kier alpha value is -2.62. The number of phenolic OH excluding ortho intramolecular Hbond substituents is 1. The van der Waals surface area contributed by atoms with Crippen LogP contribution in [0.15, 0.2) is 47.4 Å². The summed E-state index contributed by atoms with van der Waals surface area (Å²) in [6.07, 6.45) is 4.45. The Morgan fingerprint density at radius 2 is 1.78 bits per heavy atom. The van der Waals surface area contributed by atoms with Gasteiger partial charge in [-0.2, -0.15) is 0 Å². The lowest BCUT2D eigenvalue weighted by atomic mass is 9.72. The van der Waals surface area contributed by atoms with Crippen molar-refractivity contribution in [1.82, 2.24) is 15.5 Å². The Kier molecular flexibility index (Phi) is 10.4. The SMILES string of the molecule is Cc1c(O)cccc1C(=O)NC(CSc1ccc(F)cc1)C(O)CN1CC2CCCCC2C[C@H]1C(=O)NC(C)(C)C. The molecule has 0 bridgehead atoms. The van der Waals surface area contributed by atoms with E-state index in [4.69, 9.17) is 0 Å². The molecule has 1 saturated heterocycles. The average Bonchev–Trinajstić information content (AvgIpc) is 2.91. The molecule has 5 atom stereocenters. The second-order valence-electron chi connectivity index (χ2n) is 12.6. The third kappa shape index (κ3) is 8.46. The number of likely N-dealkylation sites (tertiary alicyclic amines) is 1. The highest BCUT2D eigenvalue weighted by atomic mass is 32.2. The predicted octanol–water partition coefficient (Wildman–Crippen LogP) is 4.89. The molecule has 2 amide bonds. The predicted molar refractivity (Wildman–Crippen MR) is 161 cm³/mol. The maximum absolute atomic E-state index is 13.5. The normalized spacial score (nSPS) is 22.8. The third-order valence-corrected chi connectivity index (χ3v) is 9.43. The Morgan fingerprint density at radius 1 is 1.10 bits per heavy atom. The molecule has 41 heavy (non-hydrogen) atoms. The number of nitrogens with zero attached hydrogens (tertiary/aromatic N) is 1. The molecule has 1 aliphatic carbocycles. The van der Waals surface area contributed by atoms with E-state index in [1.165, 1.54) is 42.8 Å². The number of hydrogen-bond acceptors (Lipinski definition) is 6. The lowest BCUT2D eigenvalue weighted by Gasteiger charge is -2.47. The fourth-order valence-corrected chi connectivity index (χ4v) is 7.08. The maximum Gasteiger partial charge on any atom is 0.252 e. The number of benzene rings is 2. The molecular formula is C32H44FN3O4S. The van der Waals surface area contributed by atoms with Gasteiger partial charge < -0.3 is 20.8 Å². The second-order valence-corrected chi connectivity index (χ2v) is 13.7. The number of rotatable bonds is 9. The fraction of sp³-hybridized carbons (Fsp3) is 0.562. The van der Waals surface area contributed by atoms with Gasteiger partial charge >= 0.3 is 0 Å². The molecule has 0 radical (unpaired) electrons. The van der Waals surface area contributed by atoms with Crippen LogP contribution in [0.2, 0.25) is 0 Å². The van der Waals surface area contributed by atoms with Crippen molar-refractivity contribution in [2.45, 2.75) is 88.4 Å². The van der Waals surface area contributed by atoms with Crippen LogP contribution < -0.4 is 10.6 Å². The number of hydrogen-bond donors (Lipinski definition) is 4. The van der Waals surface area contributed by atoms with Gasteiger partial charge in [0.15, 0.2) is 0 Å². The number of amides is 2. The van der Waals surface area contributed by atoms with Crippen molar-refractivity contribution >= 4 is 23.6 Å². The third-order valence-electron chi connectivity index (χ3n) is 8.30.